The number of benzene rings is 1. The lowest BCUT2D eigenvalue weighted by molar-refractivity contribution is -0.202. The molecule has 3 amide bonds. The van der Waals surface area contributed by atoms with E-state index in [0.717, 1.165) is 6.42 Å². The highest BCUT2D eigenvalue weighted by molar-refractivity contribution is 6.01. The number of hydrogen-bond acceptors (Lipinski definition) is 10. The molecule has 14 heteroatoms. The van der Waals surface area contributed by atoms with Crippen LogP contribution in [0.2, 0.25) is 0 Å². The molecule has 5 N–H and O–H groups in total. The summed E-state index contributed by atoms with van der Waals surface area (Å²) >= 11 is 0. The molecule has 0 bridgehead atoms. The number of urea groups is 1. The van der Waals surface area contributed by atoms with Gasteiger partial charge in [0.25, 0.3) is 0 Å². The van der Waals surface area contributed by atoms with Crippen molar-refractivity contribution in [3.05, 3.63) is 53.6 Å². The van der Waals surface area contributed by atoms with Gasteiger partial charge in [0.05, 0.1) is 12.2 Å². The maximum Gasteiger partial charge on any atom is 0.509 e. The molecular weight excluding hydrogens is 689 g/mol. The maximum absolute atomic E-state index is 15.9. The summed E-state index contributed by atoms with van der Waals surface area (Å²) in [6.45, 7) is 5.37. The van der Waals surface area contributed by atoms with E-state index in [-0.39, 0.29) is 55.3 Å². The Morgan fingerprint density at radius 1 is 1.09 bits per heavy atom. The fourth-order valence-electron chi connectivity index (χ4n) is 9.96. The summed E-state index contributed by atoms with van der Waals surface area (Å²) < 4.78 is 39.5. The van der Waals surface area contributed by atoms with E-state index in [0.29, 0.717) is 49.1 Å². The van der Waals surface area contributed by atoms with Crippen LogP contribution in [-0.2, 0) is 39.9 Å². The lowest BCUT2D eigenvalue weighted by Crippen LogP contribution is -2.64. The van der Waals surface area contributed by atoms with E-state index in [9.17, 15) is 29.1 Å². The molecule has 4 aliphatic carbocycles. The second kappa shape index (κ2) is 15.3. The number of alkyl halides is 1. The molecule has 10 atom stereocenters. The number of fused-ring (bicyclic) bond motifs is 7. The highest BCUT2D eigenvalue weighted by Crippen LogP contribution is 2.70. The van der Waals surface area contributed by atoms with Crippen molar-refractivity contribution in [1.82, 2.24) is 5.32 Å². The Morgan fingerprint density at radius 3 is 2.57 bits per heavy atom. The zero-order chi connectivity index (χ0) is 38.1. The molecule has 3 unspecified atom stereocenters. The Labute approximate surface area is 308 Å². The van der Waals surface area contributed by atoms with Gasteiger partial charge in [-0.05, 0) is 85.8 Å². The number of aliphatic hydroxyl groups is 1. The van der Waals surface area contributed by atoms with Crippen LogP contribution in [0, 0.1) is 28.6 Å². The molecule has 5 aliphatic rings. The number of nitrogens with one attached hydrogen (secondary N) is 2. The largest absolute Gasteiger partial charge is 0.509 e. The number of rotatable bonds is 13. The van der Waals surface area contributed by atoms with Crippen molar-refractivity contribution in [2.45, 2.75) is 109 Å². The van der Waals surface area contributed by atoms with Gasteiger partial charge in [0, 0.05) is 35.4 Å². The van der Waals surface area contributed by atoms with Crippen molar-refractivity contribution in [3.63, 3.8) is 0 Å². The minimum Gasteiger partial charge on any atom is -0.429 e. The van der Waals surface area contributed by atoms with Crippen LogP contribution in [0.15, 0.2) is 48.1 Å². The number of anilines is 1. The van der Waals surface area contributed by atoms with Gasteiger partial charge in [-0.1, -0.05) is 45.4 Å². The molecule has 1 aromatic carbocycles. The first kappa shape index (κ1) is 38.6. The summed E-state index contributed by atoms with van der Waals surface area (Å²) in [7, 11) is 0. The lowest BCUT2D eigenvalue weighted by Gasteiger charge is -2.60. The molecule has 0 aromatic heterocycles. The monoisotopic (exact) mass is 739 g/mol. The first-order valence-electron chi connectivity index (χ1n) is 18.6. The number of carbonyl (C=O) groups is 5. The standard InChI is InChI=1S/C39H50FN3O10/c1-4-7-33-52-31-18-26-25-17-28(40)27-16-24(44)13-14-37(27,2)34(25)29(45)19-38(26,3)39(31,53-33)30(46)21-51-36(49)50-20-22-9-11-23(12-10-22)43-32(47)8-5-6-15-42-35(41)48/h9-14,16,25-26,28-29,31,33-34,45H,4-8,15,17-21H2,1-3H3,(H,43,47)(H3,41,42,48)/t25-,26?,28-,29-,31+,33?,34?,37-,38-,39+/m0/s1. The smallest absolute Gasteiger partial charge is 0.429 e. The predicted molar refractivity (Wildman–Crippen MR) is 189 cm³/mol. The summed E-state index contributed by atoms with van der Waals surface area (Å²) in [5.74, 6) is -1.90. The first-order chi connectivity index (χ1) is 25.2. The molecule has 4 fully saturated rings. The number of carbonyl (C=O) groups excluding carboxylic acids is 5. The van der Waals surface area contributed by atoms with E-state index < -0.39 is 65.7 Å². The SMILES string of the molecule is CCCC1O[C@@H]2CC3[C@@H]4C[C@H](F)C5=CC(=O)C=C[C@]5(C)C4[C@@H](O)C[C@]3(C)[C@]2(C(=O)COC(=O)OCc2ccc(NC(=O)CCCCNC(N)=O)cc2)O1. The number of primary amides is 1. The fraction of sp³-hybridized carbons (Fsp3) is 0.615. The Kier molecular flexibility index (Phi) is 11.1. The Bertz CT molecular complexity index is 1670. The van der Waals surface area contributed by atoms with Gasteiger partial charge >= 0.3 is 12.2 Å². The van der Waals surface area contributed by atoms with E-state index >= 15 is 4.39 Å². The lowest BCUT2D eigenvalue weighted by atomic mass is 9.46. The van der Waals surface area contributed by atoms with Crippen molar-refractivity contribution < 1.29 is 52.4 Å². The van der Waals surface area contributed by atoms with Gasteiger partial charge < -0.3 is 40.4 Å². The van der Waals surface area contributed by atoms with Crippen LogP contribution in [0.25, 0.3) is 0 Å². The number of ketones is 2. The van der Waals surface area contributed by atoms with Crippen LogP contribution in [0.3, 0.4) is 0 Å². The number of aliphatic hydroxyl groups excluding tert-OH is 1. The highest BCUT2D eigenvalue weighted by Gasteiger charge is 2.76. The number of unbranched alkanes of at least 4 members (excludes halogenated alkanes) is 1. The van der Waals surface area contributed by atoms with Crippen molar-refractivity contribution in [1.29, 1.82) is 0 Å². The molecule has 0 radical (unpaired) electrons. The van der Waals surface area contributed by atoms with Crippen LogP contribution in [0.5, 0.6) is 0 Å². The second-order valence-corrected chi connectivity index (χ2v) is 15.5. The minimum atomic E-state index is -1.54. The van der Waals surface area contributed by atoms with Crippen LogP contribution >= 0.6 is 0 Å². The fourth-order valence-corrected chi connectivity index (χ4v) is 9.96. The van der Waals surface area contributed by atoms with Gasteiger partial charge in [0.15, 0.2) is 24.3 Å². The molecule has 13 nitrogen and oxygen atoms in total. The predicted octanol–water partition coefficient (Wildman–Crippen LogP) is 4.80. The molecule has 1 heterocycles. The number of halogens is 1. The van der Waals surface area contributed by atoms with Gasteiger partial charge in [0.1, 0.15) is 12.8 Å². The zero-order valence-corrected chi connectivity index (χ0v) is 30.4. The van der Waals surface area contributed by atoms with Crippen LogP contribution in [0.4, 0.5) is 19.7 Å². The van der Waals surface area contributed by atoms with Gasteiger partial charge in [-0.3, -0.25) is 14.4 Å². The van der Waals surface area contributed by atoms with Gasteiger partial charge in [-0.15, -0.1) is 0 Å². The molecule has 1 saturated heterocycles. The Balaban J connectivity index is 1.08. The molecule has 0 spiro atoms. The Hall–Kier alpha value is -4.14. The molecule has 6 rings (SSSR count). The van der Waals surface area contributed by atoms with Crippen molar-refractivity contribution in [2.75, 3.05) is 18.5 Å². The third-order valence-corrected chi connectivity index (χ3v) is 12.3. The highest BCUT2D eigenvalue weighted by atomic mass is 19.1. The quantitative estimate of drug-likeness (QED) is 0.161. The van der Waals surface area contributed by atoms with E-state index in [4.69, 9.17) is 24.7 Å². The van der Waals surface area contributed by atoms with Gasteiger partial charge in [-0.2, -0.15) is 0 Å². The minimum absolute atomic E-state index is 0.105. The van der Waals surface area contributed by atoms with Crippen LogP contribution < -0.4 is 16.4 Å². The molecule has 1 aromatic rings. The van der Waals surface area contributed by atoms with Gasteiger partial charge in [0.2, 0.25) is 11.7 Å². The topological polar surface area (TPSA) is 193 Å². The zero-order valence-electron chi connectivity index (χ0n) is 30.4. The molecule has 288 valence electrons. The van der Waals surface area contributed by atoms with E-state index in [1.165, 1.54) is 12.2 Å². The van der Waals surface area contributed by atoms with Crippen molar-refractivity contribution in [2.24, 2.45) is 34.3 Å². The second-order valence-electron chi connectivity index (χ2n) is 15.5. The van der Waals surface area contributed by atoms with E-state index in [1.807, 2.05) is 20.8 Å². The molecule has 3 saturated carbocycles. The molecule has 1 aliphatic heterocycles. The molecular formula is C39H50FN3O10. The summed E-state index contributed by atoms with van der Waals surface area (Å²) in [4.78, 5) is 62.2. The Morgan fingerprint density at radius 2 is 1.85 bits per heavy atom. The summed E-state index contributed by atoms with van der Waals surface area (Å²) in [5, 5.41) is 17.1. The van der Waals surface area contributed by atoms with Crippen LogP contribution in [-0.4, -0.2) is 78.2 Å². The summed E-state index contributed by atoms with van der Waals surface area (Å²) in [5.41, 5.74) is 3.24. The third-order valence-electron chi connectivity index (χ3n) is 12.3. The van der Waals surface area contributed by atoms with Gasteiger partial charge in [-0.25, -0.2) is 14.0 Å². The van der Waals surface area contributed by atoms with E-state index in [1.54, 1.807) is 30.3 Å². The average Bonchev–Trinajstić information content (AvgIpc) is 3.59. The summed E-state index contributed by atoms with van der Waals surface area (Å²) in [6.07, 6.45) is 3.26. The number of Topliss-reactive ketones (excluding diaryl/α,β-unsaturated/α-hetero) is 1. The van der Waals surface area contributed by atoms with Crippen molar-refractivity contribution >= 4 is 35.3 Å². The normalized spacial score (nSPS) is 35.2. The van der Waals surface area contributed by atoms with E-state index in [2.05, 4.69) is 10.6 Å². The number of ether oxygens (including phenoxy) is 4. The maximum atomic E-state index is 15.9. The number of hydrogen-bond donors (Lipinski definition) is 4. The van der Waals surface area contributed by atoms with Crippen LogP contribution in [0.1, 0.15) is 77.7 Å². The number of amides is 3. The summed E-state index contributed by atoms with van der Waals surface area (Å²) in [6, 6.07) is 6.10. The molecule has 53 heavy (non-hydrogen) atoms. The third kappa shape index (κ3) is 7.25. The average molecular weight is 740 g/mol. The number of nitrogens with two attached hydrogens (primary N) is 1. The number of allylic oxidation sites excluding steroid dienone is 4. The van der Waals surface area contributed by atoms with Crippen molar-refractivity contribution in [3.8, 4) is 0 Å². The first-order valence-corrected chi connectivity index (χ1v) is 18.6.